The third-order valence-corrected chi connectivity index (χ3v) is 11.8. The van der Waals surface area contributed by atoms with E-state index >= 15 is 0 Å². The molecule has 2 aliphatic rings. The maximum absolute atomic E-state index is 12.2. The topological polar surface area (TPSA) is 178 Å². The van der Waals surface area contributed by atoms with Gasteiger partial charge in [0, 0.05) is 6.42 Å². The van der Waals surface area contributed by atoms with E-state index in [0.717, 1.165) is 25.7 Å². The zero-order valence-electron chi connectivity index (χ0n) is 20.6. The minimum atomic E-state index is -5.58. The summed E-state index contributed by atoms with van der Waals surface area (Å²) < 4.78 is 59.5. The van der Waals surface area contributed by atoms with Gasteiger partial charge in [-0.3, -0.25) is 4.52 Å². The van der Waals surface area contributed by atoms with Crippen molar-refractivity contribution in [2.24, 2.45) is 5.92 Å². The number of hydrogen-bond donors (Lipinski definition) is 4. The Hall–Kier alpha value is 1.03. The van der Waals surface area contributed by atoms with Crippen molar-refractivity contribution in [1.29, 1.82) is 0 Å². The summed E-state index contributed by atoms with van der Waals surface area (Å²) in [6.45, 7) is 1.40. The fourth-order valence-electron chi connectivity index (χ4n) is 4.61. The Morgan fingerprint density at radius 1 is 0.889 bits per heavy atom. The first-order valence-electron chi connectivity index (χ1n) is 12.1. The highest BCUT2D eigenvalue weighted by Crippen LogP contribution is 2.66. The van der Waals surface area contributed by atoms with Crippen molar-refractivity contribution in [2.45, 2.75) is 101 Å². The molecule has 1 saturated heterocycles. The van der Waals surface area contributed by atoms with E-state index in [1.54, 1.807) is 10.8 Å². The van der Waals surface area contributed by atoms with E-state index in [9.17, 15) is 23.5 Å². The molecule has 2 fully saturated rings. The molecule has 0 aromatic heterocycles. The lowest BCUT2D eigenvalue weighted by molar-refractivity contribution is -0.0597. The largest absolute Gasteiger partial charge is 0.490 e. The van der Waals surface area contributed by atoms with Gasteiger partial charge in [-0.15, -0.1) is 0 Å². The van der Waals surface area contributed by atoms with E-state index in [1.807, 2.05) is 13.2 Å². The quantitative estimate of drug-likeness (QED) is 0.118. The predicted molar refractivity (Wildman–Crippen MR) is 138 cm³/mol. The fraction of sp³-hybridized carbons (Fsp3) is 1.00. The Morgan fingerprint density at radius 2 is 1.44 bits per heavy atom. The van der Waals surface area contributed by atoms with Gasteiger partial charge in [-0.2, -0.15) is 8.62 Å². The van der Waals surface area contributed by atoms with Crippen LogP contribution in [-0.4, -0.2) is 56.2 Å². The molecule has 0 spiro atoms. The molecule has 1 aliphatic carbocycles. The molecule has 17 heteroatoms. The van der Waals surface area contributed by atoms with Gasteiger partial charge in [0.1, 0.15) is 11.5 Å². The summed E-state index contributed by atoms with van der Waals surface area (Å²) in [6, 6.07) is 0. The van der Waals surface area contributed by atoms with Crippen molar-refractivity contribution >= 4 is 45.1 Å². The number of rotatable bonds is 12. The molecule has 0 bridgehead atoms. The van der Waals surface area contributed by atoms with Crippen LogP contribution in [0.5, 0.6) is 0 Å². The standard InChI is InChI=1S/C19H39O12P3S2/c1-15(36-35-2)28-18-13-17(16-11-9-7-5-3-4-6-8-10-12-16)29-19(18)14-27-33(23,24)31-34(25,26)30-32(20,21)22/h15-19H,3-14H2,1-2H3,(H,23,24)(H,25,26)(H2,20,21,22)/t15-,17+,18+,19+/m0/s1. The van der Waals surface area contributed by atoms with Crippen LogP contribution >= 0.6 is 45.1 Å². The van der Waals surface area contributed by atoms with Crippen LogP contribution in [-0.2, 0) is 36.3 Å². The van der Waals surface area contributed by atoms with Crippen molar-refractivity contribution in [3.8, 4) is 0 Å². The third-order valence-electron chi connectivity index (χ3n) is 6.07. The minimum absolute atomic E-state index is 0.128. The van der Waals surface area contributed by atoms with E-state index in [-0.39, 0.29) is 11.5 Å². The van der Waals surface area contributed by atoms with Crippen LogP contribution in [0.2, 0.25) is 0 Å². The second-order valence-corrected chi connectivity index (χ2v) is 16.2. The molecule has 36 heavy (non-hydrogen) atoms. The summed E-state index contributed by atoms with van der Waals surface area (Å²) in [5.41, 5.74) is -0.186. The Bertz CT molecular complexity index is 788. The molecule has 0 amide bonds. The molecule has 1 aliphatic heterocycles. The molecule has 12 nitrogen and oxygen atoms in total. The molecule has 2 unspecified atom stereocenters. The first-order chi connectivity index (χ1) is 16.8. The zero-order valence-corrected chi connectivity index (χ0v) is 24.9. The SMILES string of the molecule is CSS[C@@H](C)O[C@@H]1C[C@H](C2CCCCCCCCCC2)O[C@@H]1COP(=O)(O)OP(=O)(O)OP(=O)(O)O. The smallest absolute Gasteiger partial charge is 0.369 e. The monoisotopic (exact) mass is 616 g/mol. The summed E-state index contributed by atoms with van der Waals surface area (Å²) in [7, 11) is -13.2. The minimum Gasteiger partial charge on any atom is -0.369 e. The molecule has 0 aromatic carbocycles. The summed E-state index contributed by atoms with van der Waals surface area (Å²) in [6.07, 6.45) is 12.8. The molecule has 4 N–H and O–H groups in total. The fourth-order valence-corrected chi connectivity index (χ4v) is 9.05. The molecule has 0 aromatic rings. The van der Waals surface area contributed by atoms with Crippen LogP contribution in [0.25, 0.3) is 0 Å². The normalized spacial score (nSPS) is 29.7. The van der Waals surface area contributed by atoms with Crippen molar-refractivity contribution in [1.82, 2.24) is 0 Å². The van der Waals surface area contributed by atoms with Crippen LogP contribution in [0.15, 0.2) is 0 Å². The average Bonchev–Trinajstić information content (AvgIpc) is 3.08. The van der Waals surface area contributed by atoms with Gasteiger partial charge in [0.2, 0.25) is 0 Å². The van der Waals surface area contributed by atoms with Gasteiger partial charge in [-0.25, -0.2) is 13.7 Å². The molecule has 1 heterocycles. The number of phosphoric ester groups is 1. The molecular weight excluding hydrogens is 577 g/mol. The summed E-state index contributed by atoms with van der Waals surface area (Å²) in [5.74, 6) is 0.314. The molecule has 0 radical (unpaired) electrons. The van der Waals surface area contributed by atoms with Gasteiger partial charge < -0.3 is 29.0 Å². The first-order valence-corrected chi connectivity index (χ1v) is 19.2. The molecule has 2 rings (SSSR count). The van der Waals surface area contributed by atoms with Crippen molar-refractivity contribution < 1.29 is 55.9 Å². The van der Waals surface area contributed by atoms with E-state index in [4.69, 9.17) is 23.8 Å². The Balaban J connectivity index is 2.05. The lowest BCUT2D eigenvalue weighted by Crippen LogP contribution is -2.31. The third kappa shape index (κ3) is 13.4. The summed E-state index contributed by atoms with van der Waals surface area (Å²) in [4.78, 5) is 36.6. The van der Waals surface area contributed by atoms with E-state index in [1.165, 1.54) is 49.3 Å². The number of phosphoric acid groups is 3. The van der Waals surface area contributed by atoms with Crippen LogP contribution in [0, 0.1) is 5.92 Å². The lowest BCUT2D eigenvalue weighted by Gasteiger charge is -2.24. The summed E-state index contributed by atoms with van der Waals surface area (Å²) >= 11 is 0. The Labute approximate surface area is 220 Å². The number of ether oxygens (including phenoxy) is 2. The van der Waals surface area contributed by atoms with Crippen LogP contribution < -0.4 is 0 Å². The molecule has 1 saturated carbocycles. The van der Waals surface area contributed by atoms with E-state index < -0.39 is 42.3 Å². The molecular formula is C19H39O12P3S2. The predicted octanol–water partition coefficient (Wildman–Crippen LogP) is 5.76. The lowest BCUT2D eigenvalue weighted by atomic mass is 9.88. The highest BCUT2D eigenvalue weighted by atomic mass is 33.1. The second-order valence-electron chi connectivity index (χ2n) is 9.01. The van der Waals surface area contributed by atoms with Crippen LogP contribution in [0.4, 0.5) is 0 Å². The zero-order chi connectivity index (χ0) is 26.8. The van der Waals surface area contributed by atoms with Crippen molar-refractivity contribution in [3.05, 3.63) is 0 Å². The van der Waals surface area contributed by atoms with Gasteiger partial charge >= 0.3 is 23.5 Å². The van der Waals surface area contributed by atoms with Gasteiger partial charge in [0.15, 0.2) is 0 Å². The Morgan fingerprint density at radius 3 is 1.97 bits per heavy atom. The van der Waals surface area contributed by atoms with E-state index in [2.05, 4.69) is 8.62 Å². The van der Waals surface area contributed by atoms with E-state index in [0.29, 0.717) is 12.3 Å². The highest BCUT2D eigenvalue weighted by molar-refractivity contribution is 8.76. The van der Waals surface area contributed by atoms with Crippen LogP contribution in [0.1, 0.15) is 77.6 Å². The van der Waals surface area contributed by atoms with Gasteiger partial charge in [-0.1, -0.05) is 73.0 Å². The Kier molecular flexibility index (Phi) is 14.5. The average molecular weight is 617 g/mol. The second kappa shape index (κ2) is 15.7. The van der Waals surface area contributed by atoms with Crippen LogP contribution in [0.3, 0.4) is 0 Å². The van der Waals surface area contributed by atoms with Crippen molar-refractivity contribution in [3.63, 3.8) is 0 Å². The van der Waals surface area contributed by atoms with Gasteiger partial charge in [-0.05, 0) is 31.9 Å². The maximum atomic E-state index is 12.2. The van der Waals surface area contributed by atoms with Crippen molar-refractivity contribution in [2.75, 3.05) is 12.9 Å². The molecule has 6 atom stereocenters. The first kappa shape index (κ1) is 33.2. The maximum Gasteiger partial charge on any atom is 0.490 e. The highest BCUT2D eigenvalue weighted by Gasteiger charge is 2.44. The van der Waals surface area contributed by atoms with Gasteiger partial charge in [0.05, 0.1) is 18.8 Å². The molecule has 214 valence electrons. The van der Waals surface area contributed by atoms with Gasteiger partial charge in [0.25, 0.3) is 0 Å². The number of hydrogen-bond acceptors (Lipinski definition) is 10. The summed E-state index contributed by atoms with van der Waals surface area (Å²) in [5, 5.41) is 0.